The summed E-state index contributed by atoms with van der Waals surface area (Å²) < 4.78 is 13.0. The lowest BCUT2D eigenvalue weighted by atomic mass is 9.95. The van der Waals surface area contributed by atoms with E-state index in [-0.39, 0.29) is 5.82 Å². The van der Waals surface area contributed by atoms with Crippen LogP contribution in [0.15, 0.2) is 42.5 Å². The Hall–Kier alpha value is -1.83. The van der Waals surface area contributed by atoms with Crippen LogP contribution < -0.4 is 5.73 Å². The topological polar surface area (TPSA) is 26.0 Å². The Morgan fingerprint density at radius 1 is 1.11 bits per heavy atom. The fourth-order valence-corrected chi connectivity index (χ4v) is 2.02. The molecule has 0 aliphatic heterocycles. The fourth-order valence-electron chi connectivity index (χ4n) is 2.02. The average molecular weight is 243 g/mol. The van der Waals surface area contributed by atoms with Crippen LogP contribution in [-0.2, 0) is 0 Å². The number of benzene rings is 2. The molecule has 18 heavy (non-hydrogen) atoms. The summed E-state index contributed by atoms with van der Waals surface area (Å²) in [5, 5.41) is 0. The van der Waals surface area contributed by atoms with Crippen LogP contribution in [0.2, 0.25) is 0 Å². The maximum atomic E-state index is 13.0. The van der Waals surface area contributed by atoms with Crippen LogP contribution in [-0.4, -0.2) is 0 Å². The van der Waals surface area contributed by atoms with E-state index in [0.29, 0.717) is 11.6 Å². The normalized spacial score (nSPS) is 12.4. The number of hydrogen-bond acceptors (Lipinski definition) is 1. The summed E-state index contributed by atoms with van der Waals surface area (Å²) in [6.07, 6.45) is 1.12. The molecule has 0 aliphatic carbocycles. The highest BCUT2D eigenvalue weighted by Crippen LogP contribution is 2.28. The molecule has 0 amide bonds. The Bertz CT molecular complexity index is 531. The predicted octanol–water partition coefficient (Wildman–Crippen LogP) is 4.59. The average Bonchev–Trinajstić information content (AvgIpc) is 2.38. The SMILES string of the molecule is CCC(C)c1ccc(-c2ccc(F)cc2N)cc1. The minimum atomic E-state index is -0.299. The van der Waals surface area contributed by atoms with E-state index >= 15 is 0 Å². The standard InChI is InChI=1S/C16H18FN/c1-3-11(2)12-4-6-13(7-5-12)15-9-8-14(17)10-16(15)18/h4-11H,3,18H2,1-2H3. The molecule has 1 nitrogen and oxygen atoms in total. The van der Waals surface area contributed by atoms with Crippen LogP contribution >= 0.6 is 0 Å². The van der Waals surface area contributed by atoms with Crippen LogP contribution in [0.4, 0.5) is 10.1 Å². The van der Waals surface area contributed by atoms with Gasteiger partial charge in [0.1, 0.15) is 5.82 Å². The van der Waals surface area contributed by atoms with Crippen molar-refractivity contribution in [3.8, 4) is 11.1 Å². The summed E-state index contributed by atoms with van der Waals surface area (Å²) in [5.74, 6) is 0.261. The molecule has 0 bridgehead atoms. The first-order valence-corrected chi connectivity index (χ1v) is 6.27. The largest absolute Gasteiger partial charge is 0.398 e. The lowest BCUT2D eigenvalue weighted by Gasteiger charge is -2.11. The van der Waals surface area contributed by atoms with Gasteiger partial charge in [0.25, 0.3) is 0 Å². The minimum absolute atomic E-state index is 0.299. The number of nitrogen functional groups attached to an aromatic ring is 1. The molecule has 0 aromatic heterocycles. The van der Waals surface area contributed by atoms with Gasteiger partial charge in [0, 0.05) is 11.3 Å². The van der Waals surface area contributed by atoms with Gasteiger partial charge in [0.15, 0.2) is 0 Å². The van der Waals surface area contributed by atoms with Gasteiger partial charge in [-0.25, -0.2) is 4.39 Å². The Morgan fingerprint density at radius 3 is 2.33 bits per heavy atom. The second-order valence-corrected chi connectivity index (χ2v) is 4.66. The van der Waals surface area contributed by atoms with Crippen molar-refractivity contribution in [3.63, 3.8) is 0 Å². The van der Waals surface area contributed by atoms with Crippen molar-refractivity contribution in [1.29, 1.82) is 0 Å². The zero-order valence-corrected chi connectivity index (χ0v) is 10.8. The van der Waals surface area contributed by atoms with Crippen LogP contribution in [0.25, 0.3) is 11.1 Å². The molecular formula is C16H18FN. The summed E-state index contributed by atoms with van der Waals surface area (Å²) >= 11 is 0. The van der Waals surface area contributed by atoms with Crippen LogP contribution in [0.1, 0.15) is 31.7 Å². The first kappa shape index (κ1) is 12.6. The quantitative estimate of drug-likeness (QED) is 0.784. The highest BCUT2D eigenvalue weighted by Gasteiger charge is 2.06. The second kappa shape index (κ2) is 5.21. The van der Waals surface area contributed by atoms with E-state index in [1.807, 2.05) is 12.1 Å². The van der Waals surface area contributed by atoms with Crippen molar-refractivity contribution in [2.24, 2.45) is 0 Å². The van der Waals surface area contributed by atoms with Crippen molar-refractivity contribution < 1.29 is 4.39 Å². The summed E-state index contributed by atoms with van der Waals surface area (Å²) in [6, 6.07) is 12.9. The molecule has 0 saturated heterocycles. The molecule has 2 rings (SSSR count). The predicted molar refractivity (Wildman–Crippen MR) is 75.0 cm³/mol. The van der Waals surface area contributed by atoms with Crippen molar-refractivity contribution in [2.75, 3.05) is 5.73 Å². The molecule has 2 aromatic rings. The van der Waals surface area contributed by atoms with Gasteiger partial charge in [-0.1, -0.05) is 38.1 Å². The number of nitrogens with two attached hydrogens (primary N) is 1. The van der Waals surface area contributed by atoms with E-state index < -0.39 is 0 Å². The molecule has 2 N–H and O–H groups in total. The van der Waals surface area contributed by atoms with Crippen LogP contribution in [0.5, 0.6) is 0 Å². The monoisotopic (exact) mass is 243 g/mol. The van der Waals surface area contributed by atoms with E-state index in [9.17, 15) is 4.39 Å². The van der Waals surface area contributed by atoms with Gasteiger partial charge in [0.2, 0.25) is 0 Å². The third-order valence-corrected chi connectivity index (χ3v) is 3.42. The fraction of sp³-hybridized carbons (Fsp3) is 0.250. The van der Waals surface area contributed by atoms with E-state index in [1.54, 1.807) is 6.07 Å². The van der Waals surface area contributed by atoms with Crippen LogP contribution in [0.3, 0.4) is 0 Å². The number of rotatable bonds is 3. The zero-order chi connectivity index (χ0) is 13.1. The maximum absolute atomic E-state index is 13.0. The second-order valence-electron chi connectivity index (χ2n) is 4.66. The molecule has 0 heterocycles. The molecule has 0 aliphatic rings. The number of anilines is 1. The van der Waals surface area contributed by atoms with Gasteiger partial charge >= 0.3 is 0 Å². The Morgan fingerprint density at radius 2 is 1.78 bits per heavy atom. The van der Waals surface area contributed by atoms with E-state index in [4.69, 9.17) is 5.73 Å². The molecule has 1 unspecified atom stereocenters. The molecule has 0 fully saturated rings. The lowest BCUT2D eigenvalue weighted by Crippen LogP contribution is -1.93. The van der Waals surface area contributed by atoms with Gasteiger partial charge in [-0.05, 0) is 41.7 Å². The smallest absolute Gasteiger partial charge is 0.125 e. The Kier molecular flexibility index (Phi) is 3.66. The third-order valence-electron chi connectivity index (χ3n) is 3.42. The van der Waals surface area contributed by atoms with E-state index in [0.717, 1.165) is 17.5 Å². The van der Waals surface area contributed by atoms with E-state index in [1.165, 1.54) is 17.7 Å². The minimum Gasteiger partial charge on any atom is -0.398 e. The summed E-state index contributed by atoms with van der Waals surface area (Å²) in [6.45, 7) is 4.39. The number of hydrogen-bond donors (Lipinski definition) is 1. The number of halogens is 1. The van der Waals surface area contributed by atoms with Crippen molar-refractivity contribution in [1.82, 2.24) is 0 Å². The molecule has 0 saturated carbocycles. The zero-order valence-electron chi connectivity index (χ0n) is 10.8. The first-order chi connectivity index (χ1) is 8.61. The van der Waals surface area contributed by atoms with Gasteiger partial charge in [-0.3, -0.25) is 0 Å². The van der Waals surface area contributed by atoms with E-state index in [2.05, 4.69) is 26.0 Å². The third kappa shape index (κ3) is 2.53. The Labute approximate surface area is 107 Å². The summed E-state index contributed by atoms with van der Waals surface area (Å²) in [7, 11) is 0. The summed E-state index contributed by atoms with van der Waals surface area (Å²) in [5.41, 5.74) is 9.55. The van der Waals surface area contributed by atoms with Gasteiger partial charge < -0.3 is 5.73 Å². The molecule has 0 spiro atoms. The van der Waals surface area contributed by atoms with Crippen molar-refractivity contribution in [3.05, 3.63) is 53.8 Å². The highest BCUT2D eigenvalue weighted by molar-refractivity contribution is 5.76. The molecule has 2 heteroatoms. The molecule has 94 valence electrons. The maximum Gasteiger partial charge on any atom is 0.125 e. The summed E-state index contributed by atoms with van der Waals surface area (Å²) in [4.78, 5) is 0. The molecule has 1 atom stereocenters. The first-order valence-electron chi connectivity index (χ1n) is 6.27. The molecule has 0 radical (unpaired) electrons. The lowest BCUT2D eigenvalue weighted by molar-refractivity contribution is 0.628. The van der Waals surface area contributed by atoms with Crippen LogP contribution in [0, 0.1) is 5.82 Å². The van der Waals surface area contributed by atoms with Crippen molar-refractivity contribution >= 4 is 5.69 Å². The molecule has 2 aromatic carbocycles. The van der Waals surface area contributed by atoms with Gasteiger partial charge in [0.05, 0.1) is 0 Å². The van der Waals surface area contributed by atoms with Gasteiger partial charge in [-0.15, -0.1) is 0 Å². The molecular weight excluding hydrogens is 225 g/mol. The Balaban J connectivity index is 2.34. The van der Waals surface area contributed by atoms with Gasteiger partial charge in [-0.2, -0.15) is 0 Å². The highest BCUT2D eigenvalue weighted by atomic mass is 19.1. The van der Waals surface area contributed by atoms with Crippen molar-refractivity contribution in [2.45, 2.75) is 26.2 Å².